The van der Waals surface area contributed by atoms with Crippen molar-refractivity contribution in [3.05, 3.63) is 28.7 Å². The van der Waals surface area contributed by atoms with E-state index in [0.29, 0.717) is 23.6 Å². The van der Waals surface area contributed by atoms with Crippen LogP contribution < -0.4 is 10.7 Å². The van der Waals surface area contributed by atoms with Gasteiger partial charge in [0.25, 0.3) is 0 Å². The van der Waals surface area contributed by atoms with Gasteiger partial charge < -0.3 is 9.15 Å². The van der Waals surface area contributed by atoms with E-state index in [0.717, 1.165) is 38.2 Å². The normalized spacial score (nSPS) is 32.0. The summed E-state index contributed by atoms with van der Waals surface area (Å²) >= 11 is 0. The van der Waals surface area contributed by atoms with Gasteiger partial charge in [-0.2, -0.15) is 0 Å². The number of hydrogen-bond donors (Lipinski definition) is 0. The summed E-state index contributed by atoms with van der Waals surface area (Å²) in [4.78, 5) is 28.2. The van der Waals surface area contributed by atoms with E-state index >= 15 is 0 Å². The highest BCUT2D eigenvalue weighted by molar-refractivity contribution is 5.92. The Morgan fingerprint density at radius 3 is 2.67 bits per heavy atom. The van der Waals surface area contributed by atoms with Crippen LogP contribution in [-0.2, 0) is 11.8 Å². The molecule has 6 rings (SSSR count). The number of aromatic nitrogens is 1. The molecule has 2 bridgehead atoms. The highest BCUT2D eigenvalue weighted by Crippen LogP contribution is 2.43. The summed E-state index contributed by atoms with van der Waals surface area (Å²) in [5.74, 6) is 0.0369. The molecule has 5 heterocycles. The molecule has 1 aromatic carbocycles. The number of piperidine rings is 3. The third-order valence-electron chi connectivity index (χ3n) is 5.85. The molecule has 0 saturated carbocycles. The predicted octanol–water partition coefficient (Wildman–Crippen LogP) is 1.55. The van der Waals surface area contributed by atoms with E-state index in [2.05, 4.69) is 4.90 Å². The van der Waals surface area contributed by atoms with Gasteiger partial charge in [-0.3, -0.25) is 14.4 Å². The van der Waals surface area contributed by atoms with E-state index in [-0.39, 0.29) is 11.7 Å². The number of fused-ring (bicyclic) bond motifs is 3. The van der Waals surface area contributed by atoms with Gasteiger partial charge in [0.05, 0.1) is 17.7 Å². The van der Waals surface area contributed by atoms with Crippen LogP contribution in [0.1, 0.15) is 12.8 Å². The molecule has 4 saturated heterocycles. The second kappa shape index (κ2) is 4.63. The number of aryl methyl sites for hydroxylation is 1. The monoisotopic (exact) mass is 329 g/mol. The van der Waals surface area contributed by atoms with E-state index in [1.807, 2.05) is 12.1 Å². The van der Waals surface area contributed by atoms with Crippen molar-refractivity contribution in [1.29, 1.82) is 0 Å². The zero-order chi connectivity index (χ0) is 16.5. The van der Waals surface area contributed by atoms with Gasteiger partial charge >= 0.3 is 11.8 Å². The topological polar surface area (TPSA) is 67.9 Å². The number of oxazole rings is 1. The molecule has 4 aliphatic heterocycles. The zero-order valence-electron chi connectivity index (χ0n) is 13.5. The third-order valence-corrected chi connectivity index (χ3v) is 5.85. The summed E-state index contributed by atoms with van der Waals surface area (Å²) in [5, 5.41) is 0. The Balaban J connectivity index is 1.51. The van der Waals surface area contributed by atoms with Crippen LogP contribution in [0.3, 0.4) is 0 Å². The maximum Gasteiger partial charge on any atom is 0.419 e. The van der Waals surface area contributed by atoms with Crippen molar-refractivity contribution in [2.24, 2.45) is 13.0 Å². The Hall–Kier alpha value is -2.28. The maximum atomic E-state index is 12.5. The van der Waals surface area contributed by atoms with Gasteiger partial charge in [-0.15, -0.1) is 0 Å². The van der Waals surface area contributed by atoms with E-state index in [1.165, 1.54) is 4.57 Å². The minimum Gasteiger partial charge on any atom is -0.439 e. The average Bonchev–Trinajstić information content (AvgIpc) is 3.05. The Bertz CT molecular complexity index is 893. The first kappa shape index (κ1) is 14.1. The highest BCUT2D eigenvalue weighted by Gasteiger charge is 2.55. The fourth-order valence-electron chi connectivity index (χ4n) is 4.50. The lowest BCUT2D eigenvalue weighted by molar-refractivity contribution is -0.0881. The number of rotatable bonds is 1. The molecule has 0 unspecified atom stereocenters. The summed E-state index contributed by atoms with van der Waals surface area (Å²) in [5.41, 5.74) is 1.53. The van der Waals surface area contributed by atoms with Crippen molar-refractivity contribution >= 4 is 22.9 Å². The Morgan fingerprint density at radius 2 is 1.96 bits per heavy atom. The molecule has 126 valence electrons. The lowest BCUT2D eigenvalue weighted by Gasteiger charge is -2.49. The summed E-state index contributed by atoms with van der Waals surface area (Å²) in [7, 11) is 1.67. The summed E-state index contributed by atoms with van der Waals surface area (Å²) in [6.45, 7) is 3.59. The van der Waals surface area contributed by atoms with Crippen LogP contribution in [0.2, 0.25) is 0 Å². The van der Waals surface area contributed by atoms with Crippen molar-refractivity contribution in [3.63, 3.8) is 0 Å². The number of anilines is 1. The van der Waals surface area contributed by atoms with Gasteiger partial charge in [0.1, 0.15) is 5.60 Å². The molecule has 1 aromatic heterocycles. The molecule has 1 amide bonds. The molecule has 0 radical (unpaired) electrons. The number of carbonyl (C=O) groups is 1. The largest absolute Gasteiger partial charge is 0.439 e. The van der Waals surface area contributed by atoms with Gasteiger partial charge in [0.15, 0.2) is 5.58 Å². The molecule has 4 aliphatic rings. The fourth-order valence-corrected chi connectivity index (χ4v) is 4.50. The number of hydrogen-bond acceptors (Lipinski definition) is 5. The predicted molar refractivity (Wildman–Crippen MR) is 87.2 cm³/mol. The number of amides is 1. The molecular weight excluding hydrogens is 310 g/mol. The van der Waals surface area contributed by atoms with Crippen LogP contribution in [0.5, 0.6) is 0 Å². The van der Waals surface area contributed by atoms with Gasteiger partial charge in [-0.25, -0.2) is 9.59 Å². The lowest BCUT2D eigenvalue weighted by Crippen LogP contribution is -2.61. The van der Waals surface area contributed by atoms with E-state index in [9.17, 15) is 9.59 Å². The van der Waals surface area contributed by atoms with Gasteiger partial charge in [-0.05, 0) is 38.1 Å². The summed E-state index contributed by atoms with van der Waals surface area (Å²) in [6.07, 6.45) is 1.88. The molecule has 24 heavy (non-hydrogen) atoms. The van der Waals surface area contributed by atoms with Crippen molar-refractivity contribution in [2.75, 3.05) is 31.1 Å². The molecule has 2 aromatic rings. The first-order valence-electron chi connectivity index (χ1n) is 8.38. The fraction of sp³-hybridized carbons (Fsp3) is 0.529. The van der Waals surface area contributed by atoms with Crippen LogP contribution in [-0.4, -0.2) is 47.3 Å². The quantitative estimate of drug-likeness (QED) is 0.794. The first-order valence-corrected chi connectivity index (χ1v) is 8.38. The second-order valence-corrected chi connectivity index (χ2v) is 7.15. The Morgan fingerprint density at radius 1 is 1.17 bits per heavy atom. The maximum absolute atomic E-state index is 12.5. The first-order chi connectivity index (χ1) is 11.6. The Kier molecular flexibility index (Phi) is 2.72. The van der Waals surface area contributed by atoms with Gasteiger partial charge in [0, 0.05) is 25.6 Å². The minimum absolute atomic E-state index is 0.304. The van der Waals surface area contributed by atoms with Crippen molar-refractivity contribution < 1.29 is 13.9 Å². The number of benzene rings is 1. The van der Waals surface area contributed by atoms with E-state index in [1.54, 1.807) is 18.0 Å². The van der Waals surface area contributed by atoms with E-state index < -0.39 is 5.76 Å². The smallest absolute Gasteiger partial charge is 0.419 e. The molecule has 1 spiro atoms. The minimum atomic E-state index is -0.403. The molecule has 0 aliphatic carbocycles. The van der Waals surface area contributed by atoms with Gasteiger partial charge in [-0.1, -0.05) is 0 Å². The van der Waals surface area contributed by atoms with Crippen LogP contribution >= 0.6 is 0 Å². The second-order valence-electron chi connectivity index (χ2n) is 7.15. The Labute approximate surface area is 138 Å². The third kappa shape index (κ3) is 1.81. The number of carbonyl (C=O) groups excluding carboxylic acids is 1. The molecule has 7 nitrogen and oxygen atoms in total. The highest BCUT2D eigenvalue weighted by atomic mass is 16.6. The molecular formula is C17H19N3O4. The average molecular weight is 329 g/mol. The molecule has 0 N–H and O–H groups in total. The van der Waals surface area contributed by atoms with Crippen molar-refractivity contribution in [3.8, 4) is 0 Å². The SMILES string of the molecule is Cn1c(=O)oc2cc(N3C[C@]4(CN5CCC4CC5)OC3=O)ccc21. The van der Waals surface area contributed by atoms with E-state index in [4.69, 9.17) is 9.15 Å². The van der Waals surface area contributed by atoms with Crippen LogP contribution in [0, 0.1) is 5.92 Å². The molecule has 4 fully saturated rings. The molecule has 1 atom stereocenters. The number of ether oxygens (including phenoxy) is 1. The van der Waals surface area contributed by atoms with Crippen LogP contribution in [0.25, 0.3) is 11.1 Å². The van der Waals surface area contributed by atoms with Crippen LogP contribution in [0.15, 0.2) is 27.4 Å². The standard InChI is InChI=1S/C17H19N3O4/c1-18-13-3-2-12(8-14(13)23-15(18)21)20-10-17(24-16(20)22)9-19-6-4-11(17)5-7-19/h2-3,8,11H,4-7,9-10H2,1H3/t17-/m0/s1. The van der Waals surface area contributed by atoms with Crippen LogP contribution in [0.4, 0.5) is 10.5 Å². The lowest BCUT2D eigenvalue weighted by atomic mass is 9.75. The number of nitrogens with zero attached hydrogens (tertiary/aromatic N) is 3. The van der Waals surface area contributed by atoms with Crippen molar-refractivity contribution in [2.45, 2.75) is 18.4 Å². The van der Waals surface area contributed by atoms with Crippen molar-refractivity contribution in [1.82, 2.24) is 9.47 Å². The zero-order valence-corrected chi connectivity index (χ0v) is 13.5. The summed E-state index contributed by atoms with van der Waals surface area (Å²) < 4.78 is 12.6. The summed E-state index contributed by atoms with van der Waals surface area (Å²) in [6, 6.07) is 5.40. The molecule has 7 heteroatoms. The van der Waals surface area contributed by atoms with Gasteiger partial charge in [0.2, 0.25) is 0 Å².